The third-order valence-electron chi connectivity index (χ3n) is 2.35. The van der Waals surface area contributed by atoms with Crippen LogP contribution < -0.4 is 9.88 Å². The van der Waals surface area contributed by atoms with Crippen molar-refractivity contribution in [3.63, 3.8) is 0 Å². The Kier molecular flexibility index (Phi) is 4.76. The summed E-state index contributed by atoms with van der Waals surface area (Å²) in [7, 11) is -3.75. The van der Waals surface area contributed by atoms with Crippen LogP contribution in [0.1, 0.15) is 0 Å². The van der Waals surface area contributed by atoms with E-state index in [4.69, 9.17) is 21.5 Å². The number of rotatable bonds is 3. The summed E-state index contributed by atoms with van der Waals surface area (Å²) in [6, 6.07) is 9.42. The molecule has 106 valence electrons. The predicted octanol–water partition coefficient (Wildman–Crippen LogP) is 4.30. The zero-order valence-corrected chi connectivity index (χ0v) is 14.6. The second-order valence-electron chi connectivity index (χ2n) is 3.81. The molecule has 8 heteroatoms. The maximum Gasteiger partial charge on any atom is 0.238 e. The lowest BCUT2D eigenvalue weighted by molar-refractivity contribution is 0.479. The Labute approximate surface area is 138 Å². The van der Waals surface area contributed by atoms with E-state index in [2.05, 4.69) is 31.9 Å². The minimum atomic E-state index is -3.75. The van der Waals surface area contributed by atoms with Gasteiger partial charge < -0.3 is 4.74 Å². The molecule has 0 atom stereocenters. The molecule has 0 bridgehead atoms. The number of benzene rings is 2. The summed E-state index contributed by atoms with van der Waals surface area (Å²) < 4.78 is 29.4. The normalized spacial score (nSPS) is 11.4. The van der Waals surface area contributed by atoms with E-state index in [0.29, 0.717) is 21.0 Å². The average molecular weight is 442 g/mol. The largest absolute Gasteiger partial charge is 0.455 e. The van der Waals surface area contributed by atoms with Crippen LogP contribution in [0.15, 0.2) is 50.2 Å². The van der Waals surface area contributed by atoms with Gasteiger partial charge in [0.25, 0.3) is 0 Å². The smallest absolute Gasteiger partial charge is 0.238 e. The van der Waals surface area contributed by atoms with Crippen molar-refractivity contribution < 1.29 is 13.2 Å². The first kappa shape index (κ1) is 15.8. The highest BCUT2D eigenvalue weighted by atomic mass is 79.9. The summed E-state index contributed by atoms with van der Waals surface area (Å²) in [4.78, 5) is -0.00127. The molecule has 2 rings (SSSR count). The molecule has 0 spiro atoms. The highest BCUT2D eigenvalue weighted by Gasteiger charge is 2.12. The number of hydrogen-bond donors (Lipinski definition) is 1. The van der Waals surface area contributed by atoms with Gasteiger partial charge in [-0.3, -0.25) is 0 Å². The lowest BCUT2D eigenvalue weighted by atomic mass is 10.3. The van der Waals surface area contributed by atoms with E-state index in [-0.39, 0.29) is 4.90 Å². The first-order valence-electron chi connectivity index (χ1n) is 5.22. The molecule has 0 saturated heterocycles. The highest BCUT2D eigenvalue weighted by molar-refractivity contribution is 9.10. The zero-order valence-electron chi connectivity index (χ0n) is 9.81. The van der Waals surface area contributed by atoms with E-state index in [9.17, 15) is 8.42 Å². The average Bonchev–Trinajstić information content (AvgIpc) is 2.33. The molecule has 0 unspecified atom stereocenters. The van der Waals surface area contributed by atoms with Crippen molar-refractivity contribution in [1.82, 2.24) is 0 Å². The van der Waals surface area contributed by atoms with Crippen molar-refractivity contribution in [2.45, 2.75) is 4.90 Å². The molecule has 0 heterocycles. The second-order valence-corrected chi connectivity index (χ2v) is 7.55. The summed E-state index contributed by atoms with van der Waals surface area (Å²) in [5, 5.41) is 5.49. The van der Waals surface area contributed by atoms with Crippen molar-refractivity contribution in [1.29, 1.82) is 0 Å². The quantitative estimate of drug-likeness (QED) is 0.772. The summed E-state index contributed by atoms with van der Waals surface area (Å²) >= 11 is 12.6. The molecule has 0 aliphatic rings. The molecular formula is C12H8Br2ClNO3S. The maximum atomic E-state index is 11.2. The molecule has 0 aliphatic carbocycles. The van der Waals surface area contributed by atoms with Crippen molar-refractivity contribution in [2.24, 2.45) is 5.14 Å². The molecule has 2 aromatic rings. The Balaban J connectivity index is 2.35. The van der Waals surface area contributed by atoms with E-state index in [1.165, 1.54) is 18.2 Å². The number of sulfonamides is 1. The molecular weight excluding hydrogens is 433 g/mol. The van der Waals surface area contributed by atoms with Crippen LogP contribution in [0.2, 0.25) is 5.02 Å². The van der Waals surface area contributed by atoms with Crippen LogP contribution in [-0.4, -0.2) is 8.42 Å². The second kappa shape index (κ2) is 6.03. The summed E-state index contributed by atoms with van der Waals surface area (Å²) in [6.45, 7) is 0. The number of primary sulfonamides is 1. The van der Waals surface area contributed by atoms with E-state index in [1.807, 2.05) is 0 Å². The lowest BCUT2D eigenvalue weighted by Crippen LogP contribution is -2.11. The van der Waals surface area contributed by atoms with Gasteiger partial charge in [-0.15, -0.1) is 0 Å². The molecule has 20 heavy (non-hydrogen) atoms. The maximum absolute atomic E-state index is 11.2. The van der Waals surface area contributed by atoms with Gasteiger partial charge in [-0.2, -0.15) is 0 Å². The van der Waals surface area contributed by atoms with Gasteiger partial charge in [0.15, 0.2) is 0 Å². The molecule has 4 nitrogen and oxygen atoms in total. The van der Waals surface area contributed by atoms with Crippen LogP contribution in [0, 0.1) is 0 Å². The van der Waals surface area contributed by atoms with E-state index >= 15 is 0 Å². The topological polar surface area (TPSA) is 69.4 Å². The Morgan fingerprint density at radius 3 is 2.25 bits per heavy atom. The minimum Gasteiger partial charge on any atom is -0.455 e. The summed E-state index contributed by atoms with van der Waals surface area (Å²) in [5.74, 6) is 0.889. The Morgan fingerprint density at radius 1 is 1.05 bits per heavy atom. The minimum absolute atomic E-state index is 0.00127. The highest BCUT2D eigenvalue weighted by Crippen LogP contribution is 2.35. The molecule has 0 amide bonds. The Hall–Kier alpha value is -0.600. The van der Waals surface area contributed by atoms with Crippen LogP contribution >= 0.6 is 43.5 Å². The molecule has 0 aromatic heterocycles. The fraction of sp³-hybridized carbons (Fsp3) is 0. The Morgan fingerprint density at radius 2 is 1.70 bits per heavy atom. The van der Waals surface area contributed by atoms with Gasteiger partial charge in [0, 0.05) is 4.47 Å². The van der Waals surface area contributed by atoms with Crippen molar-refractivity contribution in [3.05, 3.63) is 50.4 Å². The van der Waals surface area contributed by atoms with Crippen LogP contribution in [0.5, 0.6) is 11.5 Å². The first-order chi connectivity index (χ1) is 9.27. The third-order valence-corrected chi connectivity index (χ3v) is 4.67. The van der Waals surface area contributed by atoms with Crippen LogP contribution in [0.4, 0.5) is 0 Å². The lowest BCUT2D eigenvalue weighted by Gasteiger charge is -2.10. The summed E-state index contributed by atoms with van der Waals surface area (Å²) in [5.41, 5.74) is 0. The summed E-state index contributed by atoms with van der Waals surface area (Å²) in [6.07, 6.45) is 0. The fourth-order valence-electron chi connectivity index (χ4n) is 1.42. The fourth-order valence-corrected chi connectivity index (χ4v) is 3.28. The number of hydrogen-bond acceptors (Lipinski definition) is 3. The molecule has 0 radical (unpaired) electrons. The molecule has 0 aliphatic heterocycles. The third kappa shape index (κ3) is 3.73. The molecule has 2 aromatic carbocycles. The Bertz CT molecular complexity index is 765. The van der Waals surface area contributed by atoms with Gasteiger partial charge in [0.2, 0.25) is 10.0 Å². The van der Waals surface area contributed by atoms with Crippen LogP contribution in [0.25, 0.3) is 0 Å². The van der Waals surface area contributed by atoms with E-state index in [1.54, 1.807) is 18.2 Å². The molecule has 0 fully saturated rings. The first-order valence-corrected chi connectivity index (χ1v) is 8.73. The van der Waals surface area contributed by atoms with E-state index < -0.39 is 10.0 Å². The van der Waals surface area contributed by atoms with Crippen LogP contribution in [-0.2, 0) is 10.0 Å². The van der Waals surface area contributed by atoms with Crippen molar-refractivity contribution >= 4 is 53.5 Å². The zero-order chi connectivity index (χ0) is 14.9. The SMILES string of the molecule is NS(=O)(=O)c1ccc(Oc2ccc(Br)cc2Cl)c(Br)c1. The number of halogens is 3. The molecule has 0 saturated carbocycles. The molecule has 2 N–H and O–H groups in total. The standard InChI is InChI=1S/C12H8Br2ClNO3S/c13-7-1-3-12(10(15)5-7)19-11-4-2-8(6-9(11)14)20(16,17)18/h1-6H,(H2,16,17,18). The van der Waals surface area contributed by atoms with Gasteiger partial charge in [0.05, 0.1) is 14.4 Å². The van der Waals surface area contributed by atoms with Crippen molar-refractivity contribution in [2.75, 3.05) is 0 Å². The van der Waals surface area contributed by atoms with E-state index in [0.717, 1.165) is 4.47 Å². The number of ether oxygens (including phenoxy) is 1. The predicted molar refractivity (Wildman–Crippen MR) is 84.7 cm³/mol. The van der Waals surface area contributed by atoms with Gasteiger partial charge >= 0.3 is 0 Å². The number of nitrogens with two attached hydrogens (primary N) is 1. The van der Waals surface area contributed by atoms with Gasteiger partial charge in [-0.1, -0.05) is 27.5 Å². The van der Waals surface area contributed by atoms with Crippen LogP contribution in [0.3, 0.4) is 0 Å². The van der Waals surface area contributed by atoms with Gasteiger partial charge in [-0.05, 0) is 52.3 Å². The van der Waals surface area contributed by atoms with Crippen molar-refractivity contribution in [3.8, 4) is 11.5 Å². The van der Waals surface area contributed by atoms with Gasteiger partial charge in [0.1, 0.15) is 11.5 Å². The van der Waals surface area contributed by atoms with Gasteiger partial charge in [-0.25, -0.2) is 13.6 Å². The monoisotopic (exact) mass is 439 g/mol.